The van der Waals surface area contributed by atoms with E-state index in [0.29, 0.717) is 24.3 Å². The third kappa shape index (κ3) is 2.59. The van der Waals surface area contributed by atoms with Crippen molar-refractivity contribution in [1.29, 1.82) is 0 Å². The Bertz CT molecular complexity index is 988. The molecule has 0 saturated heterocycles. The Kier molecular flexibility index (Phi) is 3.14. The van der Waals surface area contributed by atoms with Crippen LogP contribution < -0.4 is 5.32 Å². The Hall–Kier alpha value is -3.03. The van der Waals surface area contributed by atoms with Crippen molar-refractivity contribution >= 4 is 22.6 Å². The molecule has 0 radical (unpaired) electrons. The molecule has 8 heteroatoms. The highest BCUT2D eigenvalue weighted by molar-refractivity contribution is 5.74. The summed E-state index contributed by atoms with van der Waals surface area (Å²) in [4.78, 5) is 16.0. The summed E-state index contributed by atoms with van der Waals surface area (Å²) in [6.45, 7) is 2.56. The summed E-state index contributed by atoms with van der Waals surface area (Å²) < 4.78 is 14.8. The first-order valence-electron chi connectivity index (χ1n) is 7.24. The smallest absolute Gasteiger partial charge is 0.254 e. The molecule has 0 saturated carbocycles. The molecule has 116 valence electrons. The van der Waals surface area contributed by atoms with Crippen molar-refractivity contribution in [3.05, 3.63) is 47.9 Å². The molecule has 4 rings (SSSR count). The molecule has 0 atom stereocenters. The number of nitrogens with one attached hydrogen (secondary N) is 2. The minimum Gasteiger partial charge on any atom is -0.369 e. The largest absolute Gasteiger partial charge is 0.369 e. The van der Waals surface area contributed by atoms with Gasteiger partial charge in [-0.1, -0.05) is 0 Å². The lowest BCUT2D eigenvalue weighted by Crippen LogP contribution is -2.10. The van der Waals surface area contributed by atoms with Crippen LogP contribution in [0.2, 0.25) is 0 Å². The highest BCUT2D eigenvalue weighted by Gasteiger charge is 2.07. The molecule has 0 bridgehead atoms. The van der Waals surface area contributed by atoms with Gasteiger partial charge in [0, 0.05) is 24.7 Å². The fourth-order valence-corrected chi connectivity index (χ4v) is 2.52. The summed E-state index contributed by atoms with van der Waals surface area (Å²) >= 11 is 0. The van der Waals surface area contributed by atoms with E-state index in [1.165, 1.54) is 18.5 Å². The zero-order chi connectivity index (χ0) is 15.8. The summed E-state index contributed by atoms with van der Waals surface area (Å²) in [5.41, 5.74) is 2.34. The van der Waals surface area contributed by atoms with Crippen molar-refractivity contribution in [2.24, 2.45) is 0 Å². The Morgan fingerprint density at radius 1 is 1.26 bits per heavy atom. The van der Waals surface area contributed by atoms with Crippen LogP contribution in [0.4, 0.5) is 10.2 Å². The van der Waals surface area contributed by atoms with Crippen molar-refractivity contribution < 1.29 is 4.39 Å². The lowest BCUT2D eigenvalue weighted by molar-refractivity contribution is 0.629. The molecule has 0 fully saturated rings. The van der Waals surface area contributed by atoms with Gasteiger partial charge in [0.25, 0.3) is 5.78 Å². The molecule has 7 nitrogen and oxygen atoms in total. The van der Waals surface area contributed by atoms with E-state index < -0.39 is 0 Å². The molecule has 0 aliphatic heterocycles. The van der Waals surface area contributed by atoms with E-state index in [4.69, 9.17) is 0 Å². The number of halogens is 1. The van der Waals surface area contributed by atoms with Gasteiger partial charge in [0.05, 0.1) is 11.0 Å². The van der Waals surface area contributed by atoms with E-state index in [-0.39, 0.29) is 5.82 Å². The number of aromatic amines is 1. The number of aromatic nitrogens is 6. The van der Waals surface area contributed by atoms with Crippen LogP contribution in [-0.2, 0) is 6.42 Å². The second kappa shape index (κ2) is 5.31. The lowest BCUT2D eigenvalue weighted by atomic mass is 10.3. The van der Waals surface area contributed by atoms with Gasteiger partial charge in [-0.25, -0.2) is 14.4 Å². The van der Waals surface area contributed by atoms with Crippen molar-refractivity contribution in [3.63, 3.8) is 0 Å². The lowest BCUT2D eigenvalue weighted by Gasteiger charge is -2.07. The van der Waals surface area contributed by atoms with E-state index >= 15 is 0 Å². The molecule has 0 aliphatic carbocycles. The Morgan fingerprint density at radius 3 is 3.09 bits per heavy atom. The second-order valence-electron chi connectivity index (χ2n) is 5.28. The van der Waals surface area contributed by atoms with Crippen LogP contribution in [0, 0.1) is 12.7 Å². The van der Waals surface area contributed by atoms with Gasteiger partial charge >= 0.3 is 0 Å². The average Bonchev–Trinajstić information content (AvgIpc) is 3.12. The van der Waals surface area contributed by atoms with Gasteiger partial charge in [0.2, 0.25) is 0 Å². The fraction of sp³-hybridized carbons (Fsp3) is 0.200. The number of hydrogen-bond acceptors (Lipinski definition) is 5. The van der Waals surface area contributed by atoms with E-state index in [1.807, 2.05) is 13.0 Å². The van der Waals surface area contributed by atoms with E-state index in [1.54, 1.807) is 10.6 Å². The van der Waals surface area contributed by atoms with Crippen LogP contribution in [-0.4, -0.2) is 36.1 Å². The van der Waals surface area contributed by atoms with Crippen LogP contribution in [0.3, 0.4) is 0 Å². The van der Waals surface area contributed by atoms with Crippen molar-refractivity contribution in [2.75, 3.05) is 11.9 Å². The molecule has 0 unspecified atom stereocenters. The number of fused-ring (bicyclic) bond motifs is 2. The van der Waals surface area contributed by atoms with Crippen LogP contribution in [0.5, 0.6) is 0 Å². The maximum atomic E-state index is 13.2. The molecule has 0 aliphatic rings. The summed E-state index contributed by atoms with van der Waals surface area (Å²) in [6, 6.07) is 6.44. The normalized spacial score (nSPS) is 11.4. The highest BCUT2D eigenvalue weighted by atomic mass is 19.1. The minimum absolute atomic E-state index is 0.272. The van der Waals surface area contributed by atoms with Gasteiger partial charge in [-0.3, -0.25) is 0 Å². The SMILES string of the molecule is Cc1cc(NCCc2nc3ccc(F)cc3[nH]2)n2ncnc2n1. The number of hydrogen-bond donors (Lipinski definition) is 2. The molecule has 2 N–H and O–H groups in total. The average molecular weight is 311 g/mol. The van der Waals surface area contributed by atoms with Gasteiger partial charge < -0.3 is 10.3 Å². The summed E-state index contributed by atoms with van der Waals surface area (Å²) in [7, 11) is 0. The monoisotopic (exact) mass is 311 g/mol. The maximum Gasteiger partial charge on any atom is 0.254 e. The number of imidazole rings is 1. The Labute approximate surface area is 130 Å². The number of rotatable bonds is 4. The molecule has 0 spiro atoms. The molecule has 4 aromatic rings. The van der Waals surface area contributed by atoms with Crippen LogP contribution in [0.15, 0.2) is 30.6 Å². The minimum atomic E-state index is -0.272. The maximum absolute atomic E-state index is 13.2. The van der Waals surface area contributed by atoms with Crippen molar-refractivity contribution in [3.8, 4) is 0 Å². The van der Waals surface area contributed by atoms with Gasteiger partial charge in [-0.05, 0) is 25.1 Å². The van der Waals surface area contributed by atoms with E-state index in [0.717, 1.165) is 22.9 Å². The van der Waals surface area contributed by atoms with Crippen molar-refractivity contribution in [1.82, 2.24) is 29.5 Å². The summed E-state index contributed by atoms with van der Waals surface area (Å²) in [6.07, 6.45) is 2.15. The predicted octanol–water partition coefficient (Wildman–Crippen LogP) is 2.10. The third-order valence-electron chi connectivity index (χ3n) is 3.54. The number of nitrogens with zero attached hydrogens (tertiary/aromatic N) is 5. The zero-order valence-corrected chi connectivity index (χ0v) is 12.4. The number of H-pyrrole nitrogens is 1. The second-order valence-corrected chi connectivity index (χ2v) is 5.28. The zero-order valence-electron chi connectivity index (χ0n) is 12.4. The van der Waals surface area contributed by atoms with E-state index in [9.17, 15) is 4.39 Å². The van der Waals surface area contributed by atoms with Gasteiger partial charge in [-0.2, -0.15) is 14.6 Å². The molecule has 23 heavy (non-hydrogen) atoms. The summed E-state index contributed by atoms with van der Waals surface area (Å²) in [5, 5.41) is 7.45. The molecule has 3 heterocycles. The first kappa shape index (κ1) is 13.6. The first-order chi connectivity index (χ1) is 11.2. The predicted molar refractivity (Wildman–Crippen MR) is 83.8 cm³/mol. The molecule has 3 aromatic heterocycles. The van der Waals surface area contributed by atoms with Gasteiger partial charge in [0.1, 0.15) is 23.8 Å². The number of aryl methyl sites for hydroxylation is 1. The highest BCUT2D eigenvalue weighted by Crippen LogP contribution is 2.14. The topological polar surface area (TPSA) is 83.8 Å². The van der Waals surface area contributed by atoms with Gasteiger partial charge in [0.15, 0.2) is 0 Å². The molecular weight excluding hydrogens is 297 g/mol. The third-order valence-corrected chi connectivity index (χ3v) is 3.54. The Morgan fingerprint density at radius 2 is 2.17 bits per heavy atom. The van der Waals surface area contributed by atoms with Crippen molar-refractivity contribution in [2.45, 2.75) is 13.3 Å². The van der Waals surface area contributed by atoms with Crippen LogP contribution in [0.25, 0.3) is 16.8 Å². The molecular formula is C15H14FN7. The quantitative estimate of drug-likeness (QED) is 0.603. The van der Waals surface area contributed by atoms with Crippen LogP contribution in [0.1, 0.15) is 11.5 Å². The summed E-state index contributed by atoms with van der Waals surface area (Å²) in [5.74, 6) is 1.92. The molecule has 0 amide bonds. The fourth-order valence-electron chi connectivity index (χ4n) is 2.52. The number of benzene rings is 1. The van der Waals surface area contributed by atoms with Crippen LogP contribution >= 0.6 is 0 Å². The van der Waals surface area contributed by atoms with E-state index in [2.05, 4.69) is 30.4 Å². The first-order valence-corrected chi connectivity index (χ1v) is 7.24. The Balaban J connectivity index is 1.51. The molecule has 1 aromatic carbocycles. The standard InChI is InChI=1S/C15H14FN7/c1-9-6-14(23-15(20-9)18-8-19-23)17-5-4-13-21-11-3-2-10(16)7-12(11)22-13/h2-3,6-8,17H,4-5H2,1H3,(H,21,22). The number of anilines is 1. The van der Waals surface area contributed by atoms with Gasteiger partial charge in [-0.15, -0.1) is 0 Å².